The first-order valence-electron chi connectivity index (χ1n) is 9.07. The first-order chi connectivity index (χ1) is 14.0. The Labute approximate surface area is 165 Å². The molecule has 4 aromatic rings. The monoisotopic (exact) mass is 390 g/mol. The highest BCUT2D eigenvalue weighted by Gasteiger charge is 2.20. The normalized spacial score (nSPS) is 12.1. The molecule has 0 saturated carbocycles. The number of aromatic nitrogens is 4. The molecule has 8 nitrogen and oxygen atoms in total. The SMILES string of the molecule is Cc1cccc(-c2nnc([C@H](C)OC(=O)Cc3n[nH]c(=O)c4ccccc34)o2)c1. The molecule has 0 bridgehead atoms. The van der Waals surface area contributed by atoms with E-state index in [0.717, 1.165) is 11.1 Å². The summed E-state index contributed by atoms with van der Waals surface area (Å²) >= 11 is 0. The van der Waals surface area contributed by atoms with Gasteiger partial charge >= 0.3 is 5.97 Å². The molecular formula is C21H18N4O4. The van der Waals surface area contributed by atoms with Crippen LogP contribution in [0.15, 0.2) is 57.7 Å². The van der Waals surface area contributed by atoms with E-state index in [-0.39, 0.29) is 17.9 Å². The van der Waals surface area contributed by atoms with E-state index in [1.54, 1.807) is 31.2 Å². The van der Waals surface area contributed by atoms with Gasteiger partial charge in [0.2, 0.25) is 5.89 Å². The van der Waals surface area contributed by atoms with Gasteiger partial charge in [0.25, 0.3) is 11.4 Å². The molecule has 0 fully saturated rings. The number of esters is 1. The van der Waals surface area contributed by atoms with Gasteiger partial charge in [-0.25, -0.2) is 5.10 Å². The van der Waals surface area contributed by atoms with Crippen LogP contribution in [0, 0.1) is 6.92 Å². The fourth-order valence-electron chi connectivity index (χ4n) is 3.03. The molecule has 1 N–H and O–H groups in total. The average molecular weight is 390 g/mol. The van der Waals surface area contributed by atoms with Crippen LogP contribution in [-0.4, -0.2) is 26.4 Å². The maximum Gasteiger partial charge on any atom is 0.312 e. The minimum Gasteiger partial charge on any atom is -0.452 e. The van der Waals surface area contributed by atoms with E-state index >= 15 is 0 Å². The number of hydrogen-bond acceptors (Lipinski definition) is 7. The van der Waals surface area contributed by atoms with Crippen molar-refractivity contribution in [1.82, 2.24) is 20.4 Å². The highest BCUT2D eigenvalue weighted by Crippen LogP contribution is 2.23. The standard InChI is InChI=1S/C21H18N4O4/c1-12-6-5-7-14(10-12)21-25-24-20(29-21)13(2)28-18(26)11-17-15-8-3-4-9-16(15)19(27)23-22-17/h3-10,13H,11H2,1-2H3,(H,23,27)/t13-/m0/s1. The molecule has 2 aromatic heterocycles. The first-order valence-corrected chi connectivity index (χ1v) is 9.07. The average Bonchev–Trinajstić information content (AvgIpc) is 3.21. The van der Waals surface area contributed by atoms with Crippen LogP contribution >= 0.6 is 0 Å². The minimum atomic E-state index is -0.720. The fraction of sp³-hybridized carbons (Fsp3) is 0.190. The van der Waals surface area contributed by atoms with Crippen LogP contribution in [0.5, 0.6) is 0 Å². The van der Waals surface area contributed by atoms with Crippen LogP contribution in [0.25, 0.3) is 22.2 Å². The van der Waals surface area contributed by atoms with Crippen molar-refractivity contribution >= 4 is 16.7 Å². The number of carbonyl (C=O) groups is 1. The van der Waals surface area contributed by atoms with Crippen molar-refractivity contribution in [3.63, 3.8) is 0 Å². The quantitative estimate of drug-likeness (QED) is 0.521. The van der Waals surface area contributed by atoms with Gasteiger partial charge in [0, 0.05) is 10.9 Å². The summed E-state index contributed by atoms with van der Waals surface area (Å²) in [5.41, 5.74) is 2.00. The zero-order chi connectivity index (χ0) is 20.4. The third kappa shape index (κ3) is 3.91. The largest absolute Gasteiger partial charge is 0.452 e. The number of rotatable bonds is 5. The van der Waals surface area contributed by atoms with E-state index in [2.05, 4.69) is 20.4 Å². The van der Waals surface area contributed by atoms with Crippen LogP contribution in [-0.2, 0) is 16.0 Å². The molecule has 0 amide bonds. The summed E-state index contributed by atoms with van der Waals surface area (Å²) in [6, 6.07) is 14.6. The molecule has 29 heavy (non-hydrogen) atoms. The summed E-state index contributed by atoms with van der Waals surface area (Å²) < 4.78 is 11.1. The van der Waals surface area contributed by atoms with Crippen molar-refractivity contribution in [2.75, 3.05) is 0 Å². The molecule has 8 heteroatoms. The summed E-state index contributed by atoms with van der Waals surface area (Å²) in [7, 11) is 0. The Morgan fingerprint density at radius 1 is 1.14 bits per heavy atom. The van der Waals surface area contributed by atoms with E-state index in [9.17, 15) is 9.59 Å². The second-order valence-electron chi connectivity index (χ2n) is 6.67. The lowest BCUT2D eigenvalue weighted by Gasteiger charge is -2.10. The van der Waals surface area contributed by atoms with Crippen molar-refractivity contribution in [3.8, 4) is 11.5 Å². The zero-order valence-corrected chi connectivity index (χ0v) is 15.9. The maximum absolute atomic E-state index is 12.4. The van der Waals surface area contributed by atoms with Gasteiger partial charge in [-0.05, 0) is 32.0 Å². The highest BCUT2D eigenvalue weighted by molar-refractivity contribution is 5.86. The molecule has 0 unspecified atom stereocenters. The molecule has 0 aliphatic heterocycles. The number of H-pyrrole nitrogens is 1. The maximum atomic E-state index is 12.4. The number of hydrogen-bond donors (Lipinski definition) is 1. The lowest BCUT2D eigenvalue weighted by molar-refractivity contribution is -0.148. The van der Waals surface area contributed by atoms with Crippen molar-refractivity contribution in [2.45, 2.75) is 26.4 Å². The van der Waals surface area contributed by atoms with Gasteiger partial charge in [0.1, 0.15) is 0 Å². The molecular weight excluding hydrogens is 372 g/mol. The first kappa shape index (κ1) is 18.5. The van der Waals surface area contributed by atoms with Gasteiger partial charge in [0.05, 0.1) is 17.5 Å². The van der Waals surface area contributed by atoms with Crippen LogP contribution in [0.1, 0.15) is 30.2 Å². The van der Waals surface area contributed by atoms with Crippen LogP contribution in [0.4, 0.5) is 0 Å². The number of aryl methyl sites for hydroxylation is 1. The molecule has 0 aliphatic carbocycles. The fourth-order valence-corrected chi connectivity index (χ4v) is 3.03. The number of benzene rings is 2. The van der Waals surface area contributed by atoms with Gasteiger partial charge in [-0.15, -0.1) is 10.2 Å². The van der Waals surface area contributed by atoms with Crippen LogP contribution in [0.2, 0.25) is 0 Å². The third-order valence-corrected chi connectivity index (χ3v) is 4.45. The Bertz CT molecular complexity index is 1240. The van der Waals surface area contributed by atoms with E-state index in [0.29, 0.717) is 22.4 Å². The summed E-state index contributed by atoms with van der Waals surface area (Å²) in [6.07, 6.45) is -0.817. The van der Waals surface area contributed by atoms with E-state index in [1.807, 2.05) is 31.2 Å². The third-order valence-electron chi connectivity index (χ3n) is 4.45. The number of nitrogens with one attached hydrogen (secondary N) is 1. The van der Waals surface area contributed by atoms with Crippen LogP contribution < -0.4 is 5.56 Å². The molecule has 2 heterocycles. The molecule has 0 radical (unpaired) electrons. The Balaban J connectivity index is 1.48. The van der Waals surface area contributed by atoms with E-state index in [4.69, 9.17) is 9.15 Å². The Hall–Kier alpha value is -3.81. The number of ether oxygens (including phenoxy) is 1. The van der Waals surface area contributed by atoms with E-state index in [1.165, 1.54) is 0 Å². The highest BCUT2D eigenvalue weighted by atomic mass is 16.6. The van der Waals surface area contributed by atoms with Crippen molar-refractivity contribution < 1.29 is 13.9 Å². The van der Waals surface area contributed by atoms with Crippen molar-refractivity contribution in [2.24, 2.45) is 0 Å². The molecule has 0 spiro atoms. The van der Waals surface area contributed by atoms with Crippen LogP contribution in [0.3, 0.4) is 0 Å². The van der Waals surface area contributed by atoms with Gasteiger partial charge in [-0.1, -0.05) is 35.9 Å². The van der Waals surface area contributed by atoms with Crippen molar-refractivity contribution in [1.29, 1.82) is 0 Å². The molecule has 0 saturated heterocycles. The van der Waals surface area contributed by atoms with E-state index < -0.39 is 12.1 Å². The molecule has 4 rings (SSSR count). The zero-order valence-electron chi connectivity index (χ0n) is 15.9. The van der Waals surface area contributed by atoms with Gasteiger partial charge in [-0.3, -0.25) is 9.59 Å². The number of carbonyl (C=O) groups excluding carboxylic acids is 1. The Morgan fingerprint density at radius 2 is 1.93 bits per heavy atom. The Kier molecular flexibility index (Phi) is 4.90. The summed E-state index contributed by atoms with van der Waals surface area (Å²) in [5, 5.41) is 15.5. The second-order valence-corrected chi connectivity index (χ2v) is 6.67. The molecule has 2 aromatic carbocycles. The predicted molar refractivity (Wildman–Crippen MR) is 105 cm³/mol. The summed E-state index contributed by atoms with van der Waals surface area (Å²) in [4.78, 5) is 24.3. The van der Waals surface area contributed by atoms with Gasteiger partial charge in [-0.2, -0.15) is 5.10 Å². The summed E-state index contributed by atoms with van der Waals surface area (Å²) in [5.74, 6) is 0.0477. The van der Waals surface area contributed by atoms with Crippen molar-refractivity contribution in [3.05, 3.63) is 76.0 Å². The smallest absolute Gasteiger partial charge is 0.312 e. The molecule has 1 atom stereocenters. The summed E-state index contributed by atoms with van der Waals surface area (Å²) in [6.45, 7) is 3.63. The minimum absolute atomic E-state index is 0.0967. The lowest BCUT2D eigenvalue weighted by atomic mass is 10.1. The topological polar surface area (TPSA) is 111 Å². The molecule has 0 aliphatic rings. The lowest BCUT2D eigenvalue weighted by Crippen LogP contribution is -2.16. The number of nitrogens with zero attached hydrogens (tertiary/aromatic N) is 3. The molecule has 146 valence electrons. The Morgan fingerprint density at radius 3 is 2.72 bits per heavy atom. The number of aromatic amines is 1. The predicted octanol–water partition coefficient (Wildman–Crippen LogP) is 3.13. The number of fused-ring (bicyclic) bond motifs is 1. The second kappa shape index (κ2) is 7.67. The van der Waals surface area contributed by atoms with Gasteiger partial charge < -0.3 is 9.15 Å². The van der Waals surface area contributed by atoms with Gasteiger partial charge in [0.15, 0.2) is 6.10 Å².